The third-order valence-electron chi connectivity index (χ3n) is 11.0. The third-order valence-corrected chi connectivity index (χ3v) is 12.5. The highest BCUT2D eigenvalue weighted by molar-refractivity contribution is 7.85. The molecule has 0 aromatic heterocycles. The topological polar surface area (TPSA) is 176 Å². The third kappa shape index (κ3) is 46.2. The van der Waals surface area contributed by atoms with Gasteiger partial charge in [0.15, 0.2) is 6.16 Å². The van der Waals surface area contributed by atoms with E-state index >= 15 is 0 Å². The van der Waals surface area contributed by atoms with Crippen LogP contribution < -0.4 is 4.89 Å². The van der Waals surface area contributed by atoms with E-state index in [-0.39, 0.29) is 31.1 Å². The number of aliphatic hydroxyl groups is 2. The number of amides is 2. The molecule has 0 rings (SSSR count). The highest BCUT2D eigenvalue weighted by atomic mass is 32.2. The first-order valence-electron chi connectivity index (χ1n) is 24.2. The Hall–Kier alpha value is -1.17. The summed E-state index contributed by atoms with van der Waals surface area (Å²) in [6.45, 7) is 9.09. The monoisotopic (exact) mass is 881 g/mol. The zero-order valence-electron chi connectivity index (χ0n) is 38.6. The van der Waals surface area contributed by atoms with Gasteiger partial charge in [-0.25, -0.2) is 0 Å². The van der Waals surface area contributed by atoms with E-state index in [0.29, 0.717) is 25.9 Å². The fourth-order valence-electron chi connectivity index (χ4n) is 7.45. The summed E-state index contributed by atoms with van der Waals surface area (Å²) in [5.74, 6) is -0.908. The first-order chi connectivity index (χ1) is 28.3. The molecule has 13 heteroatoms. The smallest absolute Gasteiger partial charge is 0.311 e. The molecule has 0 aromatic rings. The molecule has 0 saturated heterocycles. The van der Waals surface area contributed by atoms with E-state index in [4.69, 9.17) is 4.55 Å². The Balaban J connectivity index is 0. The number of hydrogen-bond donors (Lipinski definition) is 3. The quantitative estimate of drug-likeness (QED) is 0.0306. The molecule has 352 valence electrons. The molecule has 11 nitrogen and oxygen atoms in total. The number of hydrogen-bond acceptors (Lipinski definition) is 8. The van der Waals surface area contributed by atoms with Crippen molar-refractivity contribution >= 4 is 30.0 Å². The Morgan fingerprint density at radius 1 is 0.525 bits per heavy atom. The van der Waals surface area contributed by atoms with E-state index in [1.165, 1.54) is 167 Å². The van der Waals surface area contributed by atoms with Gasteiger partial charge in [-0.05, 0) is 19.3 Å². The number of rotatable bonds is 42. The minimum atomic E-state index is -4.24. The Labute approximate surface area is 364 Å². The summed E-state index contributed by atoms with van der Waals surface area (Å²) in [5, 5.41) is 19.6. The van der Waals surface area contributed by atoms with Crippen LogP contribution in [-0.4, -0.2) is 95.1 Å². The fourth-order valence-corrected chi connectivity index (χ4v) is 8.50. The van der Waals surface area contributed by atoms with Gasteiger partial charge in [-0.3, -0.25) is 14.1 Å². The maximum Gasteiger partial charge on any atom is 0.311 e. The van der Waals surface area contributed by atoms with Gasteiger partial charge in [-0.15, -0.1) is 0 Å². The average molecular weight is 881 g/mol. The highest BCUT2D eigenvalue weighted by Gasteiger charge is 2.21. The molecule has 0 heterocycles. The Morgan fingerprint density at radius 3 is 1.12 bits per heavy atom. The van der Waals surface area contributed by atoms with E-state index < -0.39 is 36.1 Å². The lowest BCUT2D eigenvalue weighted by atomic mass is 10.0. The standard InChI is InChI=1S/C23H47NO5S.C23H46NO4P/c1-3-5-6-7-8-9-10-11-12-13-14-15-16-17-19-24(23(26)18-4-2)20-22(25)21-30(27,28)29;1-3-4-5-6-7-8-9-10-11-12-13-14-15-16-17-18-19-24(22(2)25)20-23(26)21-29(27)28/h22,25H,3-21H2,1-2H3,(H,27,28,29);23,26H,3-21H2,1-2H3. The molecule has 2 amide bonds. The van der Waals surface area contributed by atoms with Crippen molar-refractivity contribution in [3.05, 3.63) is 0 Å². The van der Waals surface area contributed by atoms with Gasteiger partial charge in [-0.1, -0.05) is 205 Å². The number of carbonyl (C=O) groups excluding carboxylic acids is 2. The van der Waals surface area contributed by atoms with Crippen molar-refractivity contribution in [1.29, 1.82) is 0 Å². The highest BCUT2D eigenvalue weighted by Crippen LogP contribution is 2.16. The van der Waals surface area contributed by atoms with Gasteiger partial charge in [0.1, 0.15) is 11.9 Å². The first-order valence-corrected chi connectivity index (χ1v) is 27.2. The van der Waals surface area contributed by atoms with Crippen LogP contribution in [0.5, 0.6) is 0 Å². The molecule has 0 bridgehead atoms. The van der Waals surface area contributed by atoms with Crippen LogP contribution in [0.2, 0.25) is 0 Å². The molecule has 0 fully saturated rings. The van der Waals surface area contributed by atoms with Crippen LogP contribution >= 0.6 is 8.03 Å². The van der Waals surface area contributed by atoms with E-state index in [1.54, 1.807) is 9.80 Å². The molecule has 0 spiro atoms. The van der Waals surface area contributed by atoms with Gasteiger partial charge >= 0.3 is 8.03 Å². The molecular formula is C46H93N2O9PS. The van der Waals surface area contributed by atoms with Crippen LogP contribution in [0.15, 0.2) is 0 Å². The molecule has 3 N–H and O–H groups in total. The Kier molecular flexibility index (Phi) is 44.2. The molecular weight excluding hydrogens is 788 g/mol. The van der Waals surface area contributed by atoms with Gasteiger partial charge in [0, 0.05) is 33.0 Å². The van der Waals surface area contributed by atoms with Gasteiger partial charge in [0.05, 0.1) is 12.6 Å². The van der Waals surface area contributed by atoms with Gasteiger partial charge in [0.25, 0.3) is 10.1 Å². The molecule has 3 unspecified atom stereocenters. The van der Waals surface area contributed by atoms with Crippen molar-refractivity contribution in [3.63, 3.8) is 0 Å². The van der Waals surface area contributed by atoms with E-state index in [9.17, 15) is 37.7 Å². The molecule has 0 aliphatic rings. The minimum absolute atomic E-state index is 0.0446. The lowest BCUT2D eigenvalue weighted by Crippen LogP contribution is -2.40. The van der Waals surface area contributed by atoms with E-state index in [2.05, 4.69) is 13.8 Å². The Morgan fingerprint density at radius 2 is 0.831 bits per heavy atom. The van der Waals surface area contributed by atoms with Gasteiger partial charge in [-0.2, -0.15) is 8.42 Å². The van der Waals surface area contributed by atoms with Crippen LogP contribution in [0.25, 0.3) is 0 Å². The summed E-state index contributed by atoms with van der Waals surface area (Å²) in [5.41, 5.74) is 0. The average Bonchev–Trinajstić information content (AvgIpc) is 3.16. The number of nitrogens with zero attached hydrogens (tertiary/aromatic N) is 2. The summed E-state index contributed by atoms with van der Waals surface area (Å²) in [6.07, 6.45) is 37.2. The van der Waals surface area contributed by atoms with Crippen molar-refractivity contribution < 1.29 is 42.2 Å². The second-order valence-corrected chi connectivity index (χ2v) is 19.6. The van der Waals surface area contributed by atoms with Crippen molar-refractivity contribution in [2.45, 2.75) is 245 Å². The second-order valence-electron chi connectivity index (χ2n) is 17.0. The molecule has 0 aliphatic heterocycles. The number of carbonyl (C=O) groups is 2. The lowest BCUT2D eigenvalue weighted by Gasteiger charge is -2.25. The summed E-state index contributed by atoms with van der Waals surface area (Å²) in [4.78, 5) is 37.6. The van der Waals surface area contributed by atoms with E-state index in [0.717, 1.165) is 32.1 Å². The zero-order valence-corrected chi connectivity index (χ0v) is 40.3. The van der Waals surface area contributed by atoms with Gasteiger partial charge < -0.3 is 24.9 Å². The molecule has 0 saturated carbocycles. The predicted molar refractivity (Wildman–Crippen MR) is 245 cm³/mol. The maximum absolute atomic E-state index is 12.2. The van der Waals surface area contributed by atoms with E-state index in [1.807, 2.05) is 6.92 Å². The summed E-state index contributed by atoms with van der Waals surface area (Å²) < 4.78 is 41.3. The SMILES string of the molecule is CCCCCCCCCCCCCCCCCCN(CC(O)C[P+](=O)[O-])C(C)=O.CCCCCCCCCCCCCCCCN(CC(O)CS(=O)(=O)O)C(=O)CCC. The first kappa shape index (κ1) is 59.9. The Bertz CT molecular complexity index is 1080. The molecule has 0 aromatic carbocycles. The van der Waals surface area contributed by atoms with Crippen molar-refractivity contribution in [3.8, 4) is 0 Å². The van der Waals surface area contributed by atoms with Crippen LogP contribution in [0.4, 0.5) is 0 Å². The minimum Gasteiger partial charge on any atom is -0.595 e. The maximum atomic E-state index is 12.2. The molecule has 0 aliphatic carbocycles. The lowest BCUT2D eigenvalue weighted by molar-refractivity contribution is -0.165. The molecule has 3 atom stereocenters. The number of unbranched alkanes of at least 4 members (excludes halogenated alkanes) is 28. The van der Waals surface area contributed by atoms with Crippen LogP contribution in [0, 0.1) is 0 Å². The largest absolute Gasteiger partial charge is 0.595 e. The number of aliphatic hydroxyl groups excluding tert-OH is 2. The van der Waals surface area contributed by atoms with Gasteiger partial charge in [0.2, 0.25) is 11.8 Å². The fraction of sp³-hybridized carbons (Fsp3) is 0.957. The summed E-state index contributed by atoms with van der Waals surface area (Å²) >= 11 is 0. The van der Waals surface area contributed by atoms with Crippen molar-refractivity contribution in [1.82, 2.24) is 9.80 Å². The normalized spacial score (nSPS) is 12.8. The second kappa shape index (κ2) is 43.5. The van der Waals surface area contributed by atoms with Crippen molar-refractivity contribution in [2.75, 3.05) is 38.1 Å². The molecule has 59 heavy (non-hydrogen) atoms. The summed E-state index contributed by atoms with van der Waals surface area (Å²) in [6, 6.07) is 0. The van der Waals surface area contributed by atoms with Crippen molar-refractivity contribution in [2.24, 2.45) is 0 Å². The van der Waals surface area contributed by atoms with Crippen LogP contribution in [-0.2, 0) is 24.3 Å². The summed E-state index contributed by atoms with van der Waals surface area (Å²) in [7, 11) is -6.86. The van der Waals surface area contributed by atoms with Crippen LogP contribution in [0.3, 0.4) is 0 Å². The zero-order chi connectivity index (χ0) is 44.4. The molecule has 0 radical (unpaired) electrons. The predicted octanol–water partition coefficient (Wildman–Crippen LogP) is 10.9. The van der Waals surface area contributed by atoms with Crippen LogP contribution in [0.1, 0.15) is 233 Å².